The minimum Gasteiger partial charge on any atom is -0.392 e. The highest BCUT2D eigenvalue weighted by Gasteiger charge is 2.03. The molecule has 0 fully saturated rings. The van der Waals surface area contributed by atoms with Gasteiger partial charge in [-0.3, -0.25) is 0 Å². The van der Waals surface area contributed by atoms with Crippen molar-refractivity contribution in [2.45, 2.75) is 40.0 Å². The first-order chi connectivity index (χ1) is 11.8. The van der Waals surface area contributed by atoms with E-state index in [2.05, 4.69) is 32.7 Å². The standard InChI is InChI=1S/C17H26N6O/c1-3-16-22-21-13-23(16)10-9-19-17(18-4-2)20-11-14-7-5-6-8-15(14)12-24/h5-8,13,24H,3-4,9-12H2,1-2H3,(H2,18,19,20). The summed E-state index contributed by atoms with van der Waals surface area (Å²) in [6.45, 7) is 6.97. The Morgan fingerprint density at radius 1 is 1.21 bits per heavy atom. The van der Waals surface area contributed by atoms with E-state index in [0.717, 1.165) is 49.0 Å². The van der Waals surface area contributed by atoms with E-state index in [-0.39, 0.29) is 6.61 Å². The van der Waals surface area contributed by atoms with Crippen molar-refractivity contribution in [1.29, 1.82) is 0 Å². The molecule has 130 valence electrons. The fourth-order valence-corrected chi connectivity index (χ4v) is 2.41. The first kappa shape index (κ1) is 17.9. The Bertz CT molecular complexity index is 652. The van der Waals surface area contributed by atoms with Crippen LogP contribution in [-0.4, -0.2) is 38.9 Å². The number of aliphatic hydroxyl groups excluding tert-OH is 1. The van der Waals surface area contributed by atoms with Gasteiger partial charge >= 0.3 is 0 Å². The summed E-state index contributed by atoms with van der Waals surface area (Å²) >= 11 is 0. The summed E-state index contributed by atoms with van der Waals surface area (Å²) in [5.41, 5.74) is 1.94. The number of nitrogens with one attached hydrogen (secondary N) is 2. The van der Waals surface area contributed by atoms with Crippen molar-refractivity contribution in [3.8, 4) is 0 Å². The third-order valence-corrected chi connectivity index (χ3v) is 3.70. The van der Waals surface area contributed by atoms with Crippen LogP contribution in [0.4, 0.5) is 0 Å². The number of rotatable bonds is 8. The van der Waals surface area contributed by atoms with Gasteiger partial charge in [-0.1, -0.05) is 31.2 Å². The lowest BCUT2D eigenvalue weighted by atomic mass is 10.1. The van der Waals surface area contributed by atoms with E-state index in [1.54, 1.807) is 6.33 Å². The van der Waals surface area contributed by atoms with E-state index >= 15 is 0 Å². The number of nitrogens with zero attached hydrogens (tertiary/aromatic N) is 4. The van der Waals surface area contributed by atoms with E-state index in [0.29, 0.717) is 6.54 Å². The summed E-state index contributed by atoms with van der Waals surface area (Å²) in [4.78, 5) is 4.60. The number of aryl methyl sites for hydroxylation is 1. The quantitative estimate of drug-likeness (QED) is 0.498. The van der Waals surface area contributed by atoms with Gasteiger partial charge in [-0.05, 0) is 18.1 Å². The minimum atomic E-state index is 0.0308. The number of aromatic nitrogens is 3. The van der Waals surface area contributed by atoms with Crippen LogP contribution >= 0.6 is 0 Å². The number of hydrogen-bond donors (Lipinski definition) is 3. The predicted octanol–water partition coefficient (Wildman–Crippen LogP) is 1.09. The molecule has 0 radical (unpaired) electrons. The molecule has 0 aliphatic rings. The molecule has 2 rings (SSSR count). The predicted molar refractivity (Wildman–Crippen MR) is 94.6 cm³/mol. The van der Waals surface area contributed by atoms with Crippen molar-refractivity contribution in [3.63, 3.8) is 0 Å². The largest absolute Gasteiger partial charge is 0.392 e. The molecule has 24 heavy (non-hydrogen) atoms. The molecular weight excluding hydrogens is 304 g/mol. The second-order valence-electron chi connectivity index (χ2n) is 5.34. The summed E-state index contributed by atoms with van der Waals surface area (Å²) < 4.78 is 2.04. The summed E-state index contributed by atoms with van der Waals surface area (Å²) in [6.07, 6.45) is 2.62. The fraction of sp³-hybridized carbons (Fsp3) is 0.471. The van der Waals surface area contributed by atoms with Gasteiger partial charge in [0.1, 0.15) is 12.2 Å². The van der Waals surface area contributed by atoms with E-state index in [9.17, 15) is 5.11 Å². The Kier molecular flexibility index (Phi) is 7.22. The molecule has 0 aliphatic heterocycles. The summed E-state index contributed by atoms with van der Waals surface area (Å²) in [5, 5.41) is 24.0. The van der Waals surface area contributed by atoms with Gasteiger partial charge in [-0.15, -0.1) is 10.2 Å². The van der Waals surface area contributed by atoms with Crippen molar-refractivity contribution in [2.24, 2.45) is 4.99 Å². The average Bonchev–Trinajstić information content (AvgIpc) is 3.07. The van der Waals surface area contributed by atoms with Gasteiger partial charge in [-0.2, -0.15) is 0 Å². The van der Waals surface area contributed by atoms with Crippen molar-refractivity contribution in [2.75, 3.05) is 13.1 Å². The zero-order valence-corrected chi connectivity index (χ0v) is 14.4. The number of benzene rings is 1. The molecule has 7 heteroatoms. The van der Waals surface area contributed by atoms with E-state index in [4.69, 9.17) is 0 Å². The average molecular weight is 330 g/mol. The van der Waals surface area contributed by atoms with Crippen molar-refractivity contribution < 1.29 is 5.11 Å². The minimum absolute atomic E-state index is 0.0308. The zero-order chi connectivity index (χ0) is 17.2. The van der Waals surface area contributed by atoms with Crippen LogP contribution in [0.3, 0.4) is 0 Å². The highest BCUT2D eigenvalue weighted by molar-refractivity contribution is 5.79. The fourth-order valence-electron chi connectivity index (χ4n) is 2.41. The summed E-state index contributed by atoms with van der Waals surface area (Å²) in [7, 11) is 0. The summed E-state index contributed by atoms with van der Waals surface area (Å²) in [6, 6.07) is 7.79. The lowest BCUT2D eigenvalue weighted by molar-refractivity contribution is 0.280. The van der Waals surface area contributed by atoms with Crippen LogP contribution in [0.15, 0.2) is 35.6 Å². The Hall–Kier alpha value is -2.41. The van der Waals surface area contributed by atoms with Crippen LogP contribution in [0.5, 0.6) is 0 Å². The Morgan fingerprint density at radius 3 is 2.71 bits per heavy atom. The van der Waals surface area contributed by atoms with E-state index < -0.39 is 0 Å². The van der Waals surface area contributed by atoms with Crippen LogP contribution in [0.2, 0.25) is 0 Å². The van der Waals surface area contributed by atoms with Crippen LogP contribution in [0, 0.1) is 0 Å². The highest BCUT2D eigenvalue weighted by atomic mass is 16.3. The highest BCUT2D eigenvalue weighted by Crippen LogP contribution is 2.09. The Morgan fingerprint density at radius 2 is 2.00 bits per heavy atom. The smallest absolute Gasteiger partial charge is 0.191 e. The molecule has 0 saturated carbocycles. The maximum atomic E-state index is 9.39. The first-order valence-electron chi connectivity index (χ1n) is 8.35. The molecule has 0 saturated heterocycles. The molecule has 0 aliphatic carbocycles. The maximum Gasteiger partial charge on any atom is 0.191 e. The number of aliphatic imine (C=N–C) groups is 1. The number of hydrogen-bond acceptors (Lipinski definition) is 4. The second kappa shape index (κ2) is 9.67. The molecule has 2 aromatic rings. The maximum absolute atomic E-state index is 9.39. The molecule has 1 aromatic carbocycles. The molecule has 0 atom stereocenters. The van der Waals surface area contributed by atoms with Gasteiger partial charge in [-0.25, -0.2) is 4.99 Å². The molecule has 1 aromatic heterocycles. The lowest BCUT2D eigenvalue weighted by Gasteiger charge is -2.13. The van der Waals surface area contributed by atoms with Crippen LogP contribution in [0.1, 0.15) is 30.8 Å². The number of guanidine groups is 1. The van der Waals surface area contributed by atoms with Crippen LogP contribution in [-0.2, 0) is 26.1 Å². The zero-order valence-electron chi connectivity index (χ0n) is 14.4. The lowest BCUT2D eigenvalue weighted by Crippen LogP contribution is -2.39. The first-order valence-corrected chi connectivity index (χ1v) is 8.35. The molecule has 7 nitrogen and oxygen atoms in total. The normalized spacial score (nSPS) is 11.5. The Balaban J connectivity index is 1.93. The molecule has 1 heterocycles. The van der Waals surface area contributed by atoms with Crippen molar-refractivity contribution >= 4 is 5.96 Å². The SMILES string of the molecule is CCNC(=NCc1ccccc1CO)NCCn1cnnc1CC. The molecule has 0 spiro atoms. The van der Waals surface area contributed by atoms with Gasteiger partial charge in [0.15, 0.2) is 5.96 Å². The van der Waals surface area contributed by atoms with E-state index in [1.165, 1.54) is 0 Å². The molecule has 0 amide bonds. The number of aliphatic hydroxyl groups is 1. The summed E-state index contributed by atoms with van der Waals surface area (Å²) in [5.74, 6) is 1.74. The van der Waals surface area contributed by atoms with Crippen LogP contribution in [0.25, 0.3) is 0 Å². The molecular formula is C17H26N6O. The molecule has 0 bridgehead atoms. The van der Waals surface area contributed by atoms with Crippen molar-refractivity contribution in [1.82, 2.24) is 25.4 Å². The van der Waals surface area contributed by atoms with Gasteiger partial charge in [0, 0.05) is 26.1 Å². The van der Waals surface area contributed by atoms with Gasteiger partial charge in [0.05, 0.1) is 13.2 Å². The molecule has 0 unspecified atom stereocenters. The monoisotopic (exact) mass is 330 g/mol. The Labute approximate surface area is 142 Å². The van der Waals surface area contributed by atoms with Gasteiger partial charge in [0.2, 0.25) is 0 Å². The van der Waals surface area contributed by atoms with Crippen molar-refractivity contribution in [3.05, 3.63) is 47.5 Å². The van der Waals surface area contributed by atoms with Gasteiger partial charge in [0.25, 0.3) is 0 Å². The molecule has 3 N–H and O–H groups in total. The van der Waals surface area contributed by atoms with Crippen LogP contribution < -0.4 is 10.6 Å². The third-order valence-electron chi connectivity index (χ3n) is 3.70. The topological polar surface area (TPSA) is 87.4 Å². The van der Waals surface area contributed by atoms with Gasteiger partial charge < -0.3 is 20.3 Å². The third kappa shape index (κ3) is 5.06. The van der Waals surface area contributed by atoms with E-state index in [1.807, 2.05) is 35.8 Å². The second-order valence-corrected chi connectivity index (χ2v) is 5.34.